The Hall–Kier alpha value is -1.67. The summed E-state index contributed by atoms with van der Waals surface area (Å²) in [4.78, 5) is 4.30. The third kappa shape index (κ3) is 6.72. The zero-order valence-electron chi connectivity index (χ0n) is 21.5. The van der Waals surface area contributed by atoms with Crippen molar-refractivity contribution in [2.24, 2.45) is 5.73 Å². The monoisotopic (exact) mass is 545 g/mol. The summed E-state index contributed by atoms with van der Waals surface area (Å²) in [5, 5.41) is 36.2. The number of aliphatic hydroxyl groups excluding tert-OH is 2. The molecule has 0 amide bonds. The van der Waals surface area contributed by atoms with Gasteiger partial charge in [0.1, 0.15) is 24.5 Å². The van der Waals surface area contributed by atoms with Crippen LogP contribution in [0.3, 0.4) is 0 Å². The first-order valence-electron chi connectivity index (χ1n) is 13.4. The number of nitrogens with one attached hydrogen (secondary N) is 4. The zero-order chi connectivity index (χ0) is 26.5. The molecule has 7 atom stereocenters. The highest BCUT2D eigenvalue weighted by atomic mass is 35.5. The molecule has 3 aliphatic rings. The van der Waals surface area contributed by atoms with Crippen molar-refractivity contribution in [1.29, 1.82) is 0 Å². The first-order chi connectivity index (χ1) is 18.5. The average molecular weight is 546 g/mol. The number of fused-ring (bicyclic) bond motifs is 1. The number of nitrogens with zero attached hydrogens (tertiary/aromatic N) is 2. The number of rotatable bonds is 11. The molecular weight excluding hydrogens is 506 g/mol. The Bertz CT molecular complexity index is 1000. The van der Waals surface area contributed by atoms with Gasteiger partial charge in [0.2, 0.25) is 0 Å². The topological polar surface area (TPSA) is 130 Å². The molecule has 3 heterocycles. The molecule has 3 saturated heterocycles. The van der Waals surface area contributed by atoms with Gasteiger partial charge in [-0.3, -0.25) is 20.9 Å². The normalized spacial score (nSPS) is 31.7. The van der Waals surface area contributed by atoms with Crippen molar-refractivity contribution in [1.82, 2.24) is 31.1 Å². The molecule has 2 aromatic carbocycles. The van der Waals surface area contributed by atoms with Gasteiger partial charge in [-0.25, -0.2) is 4.90 Å². The fourth-order valence-corrected chi connectivity index (χ4v) is 5.71. The maximum absolute atomic E-state index is 11.0. The van der Waals surface area contributed by atoms with Crippen LogP contribution in [0.25, 0.3) is 0 Å². The van der Waals surface area contributed by atoms with Crippen molar-refractivity contribution < 1.29 is 14.9 Å². The van der Waals surface area contributed by atoms with Crippen LogP contribution in [0, 0.1) is 0 Å². The highest BCUT2D eigenvalue weighted by Crippen LogP contribution is 2.29. The molecule has 11 heteroatoms. The van der Waals surface area contributed by atoms with Gasteiger partial charge < -0.3 is 26.0 Å². The van der Waals surface area contributed by atoms with E-state index in [2.05, 4.69) is 50.4 Å². The molecule has 0 spiro atoms. The predicted octanol–water partition coefficient (Wildman–Crippen LogP) is -0.586. The van der Waals surface area contributed by atoms with E-state index in [-0.39, 0.29) is 18.4 Å². The van der Waals surface area contributed by atoms with E-state index < -0.39 is 24.5 Å². The maximum Gasteiger partial charge on any atom is 0.142 e. The molecule has 0 bridgehead atoms. The van der Waals surface area contributed by atoms with Crippen LogP contribution >= 0.6 is 11.6 Å². The lowest BCUT2D eigenvalue weighted by Gasteiger charge is -2.38. The summed E-state index contributed by atoms with van der Waals surface area (Å²) >= 11 is 5.99. The van der Waals surface area contributed by atoms with E-state index >= 15 is 0 Å². The molecule has 10 nitrogen and oxygen atoms in total. The van der Waals surface area contributed by atoms with Crippen molar-refractivity contribution in [2.45, 2.75) is 55.9 Å². The number of nitrogens with two attached hydrogens (primary N) is 1. The molecule has 2 aromatic rings. The second-order valence-corrected chi connectivity index (χ2v) is 10.8. The second kappa shape index (κ2) is 13.1. The van der Waals surface area contributed by atoms with Gasteiger partial charge in [-0.15, -0.1) is 0 Å². The lowest BCUT2D eigenvalue weighted by Crippen LogP contribution is -2.68. The fourth-order valence-electron chi connectivity index (χ4n) is 5.58. The van der Waals surface area contributed by atoms with Crippen LogP contribution in [0.15, 0.2) is 54.6 Å². The third-order valence-corrected chi connectivity index (χ3v) is 7.95. The van der Waals surface area contributed by atoms with Gasteiger partial charge in [-0.2, -0.15) is 0 Å². The molecule has 0 aliphatic carbocycles. The van der Waals surface area contributed by atoms with E-state index in [1.54, 1.807) is 0 Å². The van der Waals surface area contributed by atoms with Gasteiger partial charge in [-0.05, 0) is 36.2 Å². The Labute approximate surface area is 229 Å². The lowest BCUT2D eigenvalue weighted by atomic mass is 10.1. The summed E-state index contributed by atoms with van der Waals surface area (Å²) in [6.07, 6.45) is -2.47. The first kappa shape index (κ1) is 27.9. The molecule has 3 unspecified atom stereocenters. The number of benzene rings is 2. The minimum atomic E-state index is -1.01. The number of ether oxygens (including phenoxy) is 1. The Morgan fingerprint density at radius 3 is 2.58 bits per heavy atom. The summed E-state index contributed by atoms with van der Waals surface area (Å²) in [5.74, 6) is 0. The van der Waals surface area contributed by atoms with E-state index in [0.29, 0.717) is 19.9 Å². The smallest absolute Gasteiger partial charge is 0.142 e. The van der Waals surface area contributed by atoms with Crippen LogP contribution in [-0.2, 0) is 17.7 Å². The average Bonchev–Trinajstić information content (AvgIpc) is 3.47. The van der Waals surface area contributed by atoms with Gasteiger partial charge in [-0.1, -0.05) is 54.1 Å². The van der Waals surface area contributed by atoms with E-state index in [9.17, 15) is 10.2 Å². The second-order valence-electron chi connectivity index (χ2n) is 10.4. The zero-order valence-corrected chi connectivity index (χ0v) is 22.3. The molecule has 5 rings (SSSR count). The molecule has 0 radical (unpaired) electrons. The summed E-state index contributed by atoms with van der Waals surface area (Å²) in [6, 6.07) is 18.2. The van der Waals surface area contributed by atoms with Crippen molar-refractivity contribution >= 4 is 11.6 Å². The summed E-state index contributed by atoms with van der Waals surface area (Å²) in [5.41, 5.74) is 8.64. The maximum atomic E-state index is 11.0. The Morgan fingerprint density at radius 2 is 1.79 bits per heavy atom. The van der Waals surface area contributed by atoms with Crippen LogP contribution in [-0.4, -0.2) is 102 Å². The van der Waals surface area contributed by atoms with Crippen molar-refractivity contribution in [3.05, 3.63) is 70.7 Å². The van der Waals surface area contributed by atoms with Gasteiger partial charge in [0, 0.05) is 37.9 Å². The van der Waals surface area contributed by atoms with E-state index in [0.717, 1.165) is 37.6 Å². The largest absolute Gasteiger partial charge is 0.387 e. The van der Waals surface area contributed by atoms with E-state index in [1.807, 2.05) is 35.2 Å². The summed E-state index contributed by atoms with van der Waals surface area (Å²) in [6.45, 7) is 4.76. The molecule has 8 N–H and O–H groups in total. The Kier molecular flexibility index (Phi) is 9.63. The standard InChI is InChI=1S/C27H40ClN7O3/c28-20-8-6-18(7-9-20)10-11-30-12-13-34(14-19-4-2-1-3-5-19)15-21-23(36)24(37)27(38-21)35-17-33-22-25(29)31-16-32-26(22)35/h1-9,21-27,30-33,36-37H,10-17,29H2/t21-,22?,23-,24-,25?,26?,27-/m1/s1. The third-order valence-electron chi connectivity index (χ3n) is 7.70. The van der Waals surface area contributed by atoms with Crippen LogP contribution in [0.5, 0.6) is 0 Å². The minimum Gasteiger partial charge on any atom is -0.387 e. The van der Waals surface area contributed by atoms with Gasteiger partial charge in [0.05, 0.1) is 25.0 Å². The molecular formula is C27H40ClN7O3. The van der Waals surface area contributed by atoms with E-state index in [1.165, 1.54) is 11.1 Å². The SMILES string of the molecule is NC1NCNC2C1NCN2[C@@H]1O[C@H](CN(CCNCCc2ccc(Cl)cc2)Cc2ccccc2)[C@@H](O)[C@H]1O. The van der Waals surface area contributed by atoms with Crippen LogP contribution in [0.4, 0.5) is 0 Å². The van der Waals surface area contributed by atoms with Crippen molar-refractivity contribution in [3.8, 4) is 0 Å². The first-order valence-corrected chi connectivity index (χ1v) is 13.8. The summed E-state index contributed by atoms with van der Waals surface area (Å²) < 4.78 is 6.33. The Balaban J connectivity index is 1.17. The van der Waals surface area contributed by atoms with Gasteiger partial charge in [0.15, 0.2) is 0 Å². The molecule has 3 fully saturated rings. The number of aliphatic hydroxyl groups is 2. The number of hydrogen-bond donors (Lipinski definition) is 7. The number of halogens is 1. The van der Waals surface area contributed by atoms with E-state index in [4.69, 9.17) is 22.1 Å². The van der Waals surface area contributed by atoms with Crippen molar-refractivity contribution in [3.63, 3.8) is 0 Å². The lowest BCUT2D eigenvalue weighted by molar-refractivity contribution is -0.107. The van der Waals surface area contributed by atoms with Gasteiger partial charge >= 0.3 is 0 Å². The highest BCUT2D eigenvalue weighted by molar-refractivity contribution is 6.30. The number of hydrogen-bond acceptors (Lipinski definition) is 10. The van der Waals surface area contributed by atoms with Crippen LogP contribution in [0.2, 0.25) is 5.02 Å². The summed E-state index contributed by atoms with van der Waals surface area (Å²) in [7, 11) is 0. The molecule has 0 saturated carbocycles. The van der Waals surface area contributed by atoms with Crippen molar-refractivity contribution in [2.75, 3.05) is 39.5 Å². The molecule has 0 aromatic heterocycles. The van der Waals surface area contributed by atoms with Crippen LogP contribution in [0.1, 0.15) is 11.1 Å². The quantitative estimate of drug-likeness (QED) is 0.184. The molecule has 208 valence electrons. The molecule has 3 aliphatic heterocycles. The fraction of sp³-hybridized carbons (Fsp3) is 0.556. The van der Waals surface area contributed by atoms with Crippen LogP contribution < -0.4 is 27.0 Å². The highest BCUT2D eigenvalue weighted by Gasteiger charge is 2.51. The molecule has 38 heavy (non-hydrogen) atoms. The minimum absolute atomic E-state index is 0.00994. The van der Waals surface area contributed by atoms with Gasteiger partial charge in [0.25, 0.3) is 0 Å². The predicted molar refractivity (Wildman–Crippen MR) is 147 cm³/mol. The Morgan fingerprint density at radius 1 is 1.00 bits per heavy atom.